The molecule has 0 aromatic heterocycles. The molecule has 0 aliphatic carbocycles. The third kappa shape index (κ3) is 4.35. The molecule has 0 bridgehead atoms. The lowest BCUT2D eigenvalue weighted by Gasteiger charge is -2.25. The maximum absolute atomic E-state index is 13.0. The summed E-state index contributed by atoms with van der Waals surface area (Å²) in [5, 5.41) is 11.2. The molecule has 2 aromatic rings. The topological polar surface area (TPSA) is 76.1 Å². The summed E-state index contributed by atoms with van der Waals surface area (Å²) in [5.41, 5.74) is 3.25. The van der Waals surface area contributed by atoms with Crippen LogP contribution >= 0.6 is 0 Å². The van der Waals surface area contributed by atoms with Crippen molar-refractivity contribution in [1.29, 1.82) is 0 Å². The summed E-state index contributed by atoms with van der Waals surface area (Å²) in [7, 11) is 3.04. The summed E-state index contributed by atoms with van der Waals surface area (Å²) in [6.45, 7) is 6.60. The zero-order chi connectivity index (χ0) is 22.7. The number of likely N-dealkylation sites (tertiary alicyclic amines) is 1. The number of carbonyl (C=O) groups excluding carboxylic acids is 2. The summed E-state index contributed by atoms with van der Waals surface area (Å²) < 4.78 is 10.5. The first-order valence-corrected chi connectivity index (χ1v) is 10.3. The normalized spacial score (nSPS) is 18.1. The van der Waals surface area contributed by atoms with Crippen LogP contribution in [0.5, 0.6) is 5.75 Å². The minimum atomic E-state index is -0.713. The Morgan fingerprint density at radius 3 is 2.35 bits per heavy atom. The lowest BCUT2D eigenvalue weighted by atomic mass is 9.92. The number of Topliss-reactive ketones (excluding diaryl/α,β-unsaturated/α-hetero) is 1. The van der Waals surface area contributed by atoms with Gasteiger partial charge in [0.2, 0.25) is 0 Å². The fourth-order valence-corrected chi connectivity index (χ4v) is 3.86. The number of ketones is 1. The van der Waals surface area contributed by atoms with Crippen LogP contribution in [0.3, 0.4) is 0 Å². The van der Waals surface area contributed by atoms with E-state index in [1.807, 2.05) is 37.3 Å². The third-order valence-corrected chi connectivity index (χ3v) is 5.61. The van der Waals surface area contributed by atoms with Gasteiger partial charge in [0.05, 0.1) is 30.9 Å². The Morgan fingerprint density at radius 1 is 1.10 bits per heavy atom. The number of hydrogen-bond acceptors (Lipinski definition) is 5. The van der Waals surface area contributed by atoms with Crippen LogP contribution in [0.15, 0.2) is 48.0 Å². The minimum absolute atomic E-state index is 0.0577. The Morgan fingerprint density at radius 2 is 1.77 bits per heavy atom. The van der Waals surface area contributed by atoms with Crippen LogP contribution in [-0.2, 0) is 14.3 Å². The highest BCUT2D eigenvalue weighted by atomic mass is 16.5. The van der Waals surface area contributed by atoms with Crippen LogP contribution in [0, 0.1) is 6.92 Å². The van der Waals surface area contributed by atoms with Crippen molar-refractivity contribution >= 4 is 17.4 Å². The average Bonchev–Trinajstić information content (AvgIpc) is 3.01. The number of methoxy groups -OCH3 is 2. The Balaban J connectivity index is 2.20. The van der Waals surface area contributed by atoms with Crippen molar-refractivity contribution in [2.45, 2.75) is 32.7 Å². The molecule has 164 valence electrons. The number of amides is 1. The van der Waals surface area contributed by atoms with Crippen molar-refractivity contribution in [1.82, 2.24) is 4.90 Å². The van der Waals surface area contributed by atoms with Gasteiger partial charge in [-0.05, 0) is 36.1 Å². The largest absolute Gasteiger partial charge is 0.507 e. The zero-order valence-corrected chi connectivity index (χ0v) is 18.6. The Labute approximate surface area is 183 Å². The molecule has 31 heavy (non-hydrogen) atoms. The minimum Gasteiger partial charge on any atom is -0.507 e. The van der Waals surface area contributed by atoms with Crippen molar-refractivity contribution in [2.75, 3.05) is 27.4 Å². The maximum atomic E-state index is 13.0. The van der Waals surface area contributed by atoms with E-state index >= 15 is 0 Å². The van der Waals surface area contributed by atoms with Gasteiger partial charge in [0.25, 0.3) is 11.7 Å². The first kappa shape index (κ1) is 22.6. The summed E-state index contributed by atoms with van der Waals surface area (Å²) in [6, 6.07) is 12.4. The molecule has 0 radical (unpaired) electrons. The van der Waals surface area contributed by atoms with Crippen LogP contribution in [0.25, 0.3) is 5.76 Å². The number of ether oxygens (including phenoxy) is 2. The Hall–Kier alpha value is -3.12. The van der Waals surface area contributed by atoms with Crippen LogP contribution in [0.2, 0.25) is 0 Å². The fraction of sp³-hybridized carbons (Fsp3) is 0.360. The fourth-order valence-electron chi connectivity index (χ4n) is 3.86. The Bertz CT molecular complexity index is 1010. The van der Waals surface area contributed by atoms with E-state index in [-0.39, 0.29) is 24.5 Å². The number of hydrogen-bond donors (Lipinski definition) is 1. The van der Waals surface area contributed by atoms with Gasteiger partial charge in [-0.1, -0.05) is 49.7 Å². The quantitative estimate of drug-likeness (QED) is 0.410. The summed E-state index contributed by atoms with van der Waals surface area (Å²) in [6.07, 6.45) is 0. The van der Waals surface area contributed by atoms with Gasteiger partial charge in [-0.15, -0.1) is 0 Å². The van der Waals surface area contributed by atoms with Crippen molar-refractivity contribution < 1.29 is 24.2 Å². The number of aryl methyl sites for hydroxylation is 1. The predicted molar refractivity (Wildman–Crippen MR) is 119 cm³/mol. The standard InChI is InChI=1S/C25H29NO5/c1-15(2)17-7-9-18(10-8-17)22-21(24(28)25(29)26(22)12-13-30-4)23(27)19-14-16(3)6-11-20(19)31-5/h6-11,14-15,22,27H,12-13H2,1-5H3/b23-21+. The molecule has 1 atom stereocenters. The van der Waals surface area contributed by atoms with Gasteiger partial charge in [-0.25, -0.2) is 0 Å². The highest BCUT2D eigenvalue weighted by Gasteiger charge is 2.46. The molecule has 1 fully saturated rings. The SMILES string of the molecule is COCCN1C(=O)C(=O)/C(=C(/O)c2cc(C)ccc2OC)C1c1ccc(C(C)C)cc1. The Kier molecular flexibility index (Phi) is 6.81. The number of benzene rings is 2. The van der Waals surface area contributed by atoms with E-state index in [0.717, 1.165) is 16.7 Å². The molecule has 0 saturated carbocycles. The monoisotopic (exact) mass is 423 g/mol. The van der Waals surface area contributed by atoms with Gasteiger partial charge in [-0.3, -0.25) is 9.59 Å². The predicted octanol–water partition coefficient (Wildman–Crippen LogP) is 4.20. The first-order chi connectivity index (χ1) is 14.8. The molecule has 6 nitrogen and oxygen atoms in total. The molecule has 1 aliphatic heterocycles. The molecule has 1 N–H and O–H groups in total. The molecular formula is C25H29NO5. The molecule has 1 amide bonds. The lowest BCUT2D eigenvalue weighted by molar-refractivity contribution is -0.140. The summed E-state index contributed by atoms with van der Waals surface area (Å²) >= 11 is 0. The van der Waals surface area contributed by atoms with E-state index in [9.17, 15) is 14.7 Å². The van der Waals surface area contributed by atoms with Gasteiger partial charge in [0.15, 0.2) is 0 Å². The highest BCUT2D eigenvalue weighted by molar-refractivity contribution is 6.46. The van der Waals surface area contributed by atoms with Crippen molar-refractivity contribution in [3.8, 4) is 5.75 Å². The maximum Gasteiger partial charge on any atom is 0.295 e. The molecule has 0 spiro atoms. The molecule has 3 rings (SSSR count). The summed E-state index contributed by atoms with van der Waals surface area (Å²) in [4.78, 5) is 27.4. The van der Waals surface area contributed by atoms with Gasteiger partial charge >= 0.3 is 0 Å². The molecule has 2 aromatic carbocycles. The van der Waals surface area contributed by atoms with Crippen LogP contribution in [0.4, 0.5) is 0 Å². The molecule has 1 unspecified atom stereocenters. The number of aliphatic hydroxyl groups is 1. The highest BCUT2D eigenvalue weighted by Crippen LogP contribution is 2.41. The van der Waals surface area contributed by atoms with Crippen LogP contribution in [-0.4, -0.2) is 49.1 Å². The van der Waals surface area contributed by atoms with Crippen LogP contribution in [0.1, 0.15) is 48.1 Å². The average molecular weight is 424 g/mol. The molecule has 1 aliphatic rings. The van der Waals surface area contributed by atoms with Crippen LogP contribution < -0.4 is 4.74 Å². The number of carbonyl (C=O) groups is 2. The lowest BCUT2D eigenvalue weighted by Crippen LogP contribution is -2.32. The second-order valence-electron chi connectivity index (χ2n) is 8.01. The van der Waals surface area contributed by atoms with Gasteiger partial charge in [0, 0.05) is 13.7 Å². The van der Waals surface area contributed by atoms with Gasteiger partial charge in [0.1, 0.15) is 11.5 Å². The molecule has 1 heterocycles. The number of rotatable bonds is 7. The van der Waals surface area contributed by atoms with Crippen molar-refractivity contribution in [3.63, 3.8) is 0 Å². The van der Waals surface area contributed by atoms with E-state index in [1.54, 1.807) is 19.2 Å². The first-order valence-electron chi connectivity index (χ1n) is 10.3. The third-order valence-electron chi connectivity index (χ3n) is 5.61. The van der Waals surface area contributed by atoms with Gasteiger partial charge < -0.3 is 19.5 Å². The molecule has 6 heteroatoms. The zero-order valence-electron chi connectivity index (χ0n) is 18.6. The van der Waals surface area contributed by atoms with Gasteiger partial charge in [-0.2, -0.15) is 0 Å². The van der Waals surface area contributed by atoms with E-state index in [4.69, 9.17) is 9.47 Å². The van der Waals surface area contributed by atoms with E-state index in [1.165, 1.54) is 12.0 Å². The molecule has 1 saturated heterocycles. The van der Waals surface area contributed by atoms with E-state index < -0.39 is 17.7 Å². The van der Waals surface area contributed by atoms with E-state index in [0.29, 0.717) is 17.2 Å². The number of nitrogens with zero attached hydrogens (tertiary/aromatic N) is 1. The van der Waals surface area contributed by atoms with E-state index in [2.05, 4.69) is 13.8 Å². The number of aliphatic hydroxyl groups excluding tert-OH is 1. The second-order valence-corrected chi connectivity index (χ2v) is 8.01. The summed E-state index contributed by atoms with van der Waals surface area (Å²) in [5.74, 6) is -0.819. The van der Waals surface area contributed by atoms with Crippen molar-refractivity contribution in [3.05, 3.63) is 70.3 Å². The van der Waals surface area contributed by atoms with Crippen molar-refractivity contribution in [2.24, 2.45) is 0 Å². The second kappa shape index (κ2) is 9.35. The molecular weight excluding hydrogens is 394 g/mol. The smallest absolute Gasteiger partial charge is 0.295 e.